The Morgan fingerprint density at radius 3 is 2.40 bits per heavy atom. The second-order valence-corrected chi connectivity index (χ2v) is 14.3. The van der Waals surface area contributed by atoms with Crippen LogP contribution < -0.4 is 9.62 Å². The topological polar surface area (TPSA) is 141 Å². The van der Waals surface area contributed by atoms with Gasteiger partial charge in [0.2, 0.25) is 0 Å². The third-order valence-corrected chi connectivity index (χ3v) is 9.86. The second kappa shape index (κ2) is 12.8. The van der Waals surface area contributed by atoms with Gasteiger partial charge in [-0.25, -0.2) is 14.8 Å². The summed E-state index contributed by atoms with van der Waals surface area (Å²) in [6.45, 7) is 9.96. The SMILES string of the molecule is CCN(C)S(=O)(=O)Nc1cccc(C(=O)c2c[nH]c3ncc(-c4ccc(N5CCN(C(=O)OC(C)(C)C)CC5)nc4)cc23)c1Br. The van der Waals surface area contributed by atoms with Crippen LogP contribution in [0.1, 0.15) is 43.6 Å². The van der Waals surface area contributed by atoms with Gasteiger partial charge in [-0.05, 0) is 67.0 Å². The number of fused-ring (bicyclic) bond motifs is 1. The molecule has 1 aliphatic heterocycles. The molecule has 3 aromatic heterocycles. The zero-order valence-corrected chi connectivity index (χ0v) is 28.2. The lowest BCUT2D eigenvalue weighted by atomic mass is 10.0. The number of benzene rings is 1. The number of piperazine rings is 1. The molecule has 0 spiro atoms. The first-order chi connectivity index (χ1) is 21.3. The molecule has 0 radical (unpaired) electrons. The average Bonchev–Trinajstić information content (AvgIpc) is 3.44. The number of amides is 1. The van der Waals surface area contributed by atoms with Crippen LogP contribution in [0.3, 0.4) is 0 Å². The second-order valence-electron chi connectivity index (χ2n) is 11.7. The zero-order chi connectivity index (χ0) is 32.5. The molecule has 45 heavy (non-hydrogen) atoms. The Morgan fingerprint density at radius 1 is 1.04 bits per heavy atom. The van der Waals surface area contributed by atoms with E-state index in [4.69, 9.17) is 4.74 Å². The third-order valence-electron chi connectivity index (χ3n) is 7.45. The van der Waals surface area contributed by atoms with E-state index in [2.05, 4.69) is 40.5 Å². The highest BCUT2D eigenvalue weighted by molar-refractivity contribution is 9.10. The van der Waals surface area contributed by atoms with Crippen LogP contribution in [0.15, 0.2) is 59.5 Å². The summed E-state index contributed by atoms with van der Waals surface area (Å²) in [6.07, 6.45) is 4.79. The summed E-state index contributed by atoms with van der Waals surface area (Å²) in [5, 5.41) is 0.628. The molecule has 1 amide bonds. The summed E-state index contributed by atoms with van der Waals surface area (Å²) >= 11 is 3.44. The van der Waals surface area contributed by atoms with Gasteiger partial charge in [-0.3, -0.25) is 9.52 Å². The van der Waals surface area contributed by atoms with E-state index in [0.29, 0.717) is 59.4 Å². The van der Waals surface area contributed by atoms with Crippen molar-refractivity contribution in [3.8, 4) is 11.1 Å². The molecular formula is C31H36BrN7O5S. The van der Waals surface area contributed by atoms with Gasteiger partial charge in [-0.2, -0.15) is 12.7 Å². The minimum atomic E-state index is -3.78. The van der Waals surface area contributed by atoms with E-state index in [0.717, 1.165) is 16.9 Å². The Bertz CT molecular complexity index is 1830. The number of ether oxygens (including phenoxy) is 1. The highest BCUT2D eigenvalue weighted by Crippen LogP contribution is 2.32. The van der Waals surface area contributed by atoms with Crippen LogP contribution in [0, 0.1) is 0 Å². The summed E-state index contributed by atoms with van der Waals surface area (Å²) in [7, 11) is -2.31. The van der Waals surface area contributed by atoms with Gasteiger partial charge in [-0.15, -0.1) is 0 Å². The molecule has 4 aromatic rings. The number of aromatic nitrogens is 3. The molecule has 1 aliphatic rings. The summed E-state index contributed by atoms with van der Waals surface area (Å²) in [6, 6.07) is 10.6. The number of nitrogens with one attached hydrogen (secondary N) is 2. The average molecular weight is 699 g/mol. The third kappa shape index (κ3) is 7.13. The van der Waals surface area contributed by atoms with E-state index < -0.39 is 15.8 Å². The van der Waals surface area contributed by atoms with Crippen molar-refractivity contribution in [3.63, 3.8) is 0 Å². The zero-order valence-electron chi connectivity index (χ0n) is 25.8. The Morgan fingerprint density at radius 2 is 1.76 bits per heavy atom. The molecule has 1 saturated heterocycles. The number of rotatable bonds is 8. The van der Waals surface area contributed by atoms with Gasteiger partial charge in [-0.1, -0.05) is 13.0 Å². The number of carbonyl (C=O) groups is 2. The summed E-state index contributed by atoms with van der Waals surface area (Å²) in [5.74, 6) is 0.510. The lowest BCUT2D eigenvalue weighted by Gasteiger charge is -2.36. The normalized spacial score (nSPS) is 14.2. The van der Waals surface area contributed by atoms with Crippen LogP contribution in [-0.4, -0.2) is 89.8 Å². The molecular weight excluding hydrogens is 662 g/mol. The fraction of sp³-hybridized carbons (Fsp3) is 0.355. The first-order valence-electron chi connectivity index (χ1n) is 14.5. The molecule has 12 nitrogen and oxygen atoms in total. The van der Waals surface area contributed by atoms with Gasteiger partial charge in [0, 0.05) is 86.0 Å². The smallest absolute Gasteiger partial charge is 0.410 e. The van der Waals surface area contributed by atoms with Crippen LogP contribution in [0.5, 0.6) is 0 Å². The molecule has 14 heteroatoms. The number of ketones is 1. The fourth-order valence-electron chi connectivity index (χ4n) is 4.86. The molecule has 4 heterocycles. The molecule has 238 valence electrons. The van der Waals surface area contributed by atoms with Gasteiger partial charge >= 0.3 is 16.3 Å². The number of hydrogen-bond donors (Lipinski definition) is 2. The maximum atomic E-state index is 13.7. The van der Waals surface area contributed by atoms with Crippen LogP contribution in [0.25, 0.3) is 22.2 Å². The largest absolute Gasteiger partial charge is 0.444 e. The van der Waals surface area contributed by atoms with Crippen molar-refractivity contribution in [3.05, 3.63) is 70.6 Å². The lowest BCUT2D eigenvalue weighted by molar-refractivity contribution is 0.0240. The van der Waals surface area contributed by atoms with Gasteiger partial charge in [0.25, 0.3) is 0 Å². The summed E-state index contributed by atoms with van der Waals surface area (Å²) < 4.78 is 34.7. The standard InChI is InChI=1S/C31H36BrN7O5S/c1-6-37(5)45(42,43)36-25-9-7-8-22(27(25)32)28(40)24-19-35-29-23(24)16-21(18-34-29)20-10-11-26(33-17-20)38-12-14-39(15-13-38)30(41)44-31(2,3)4/h7-11,16-19,36H,6,12-15H2,1-5H3,(H,34,35). The van der Waals surface area contributed by atoms with Crippen molar-refractivity contribution in [1.29, 1.82) is 0 Å². The molecule has 0 unspecified atom stereocenters. The van der Waals surface area contributed by atoms with Crippen molar-refractivity contribution >= 4 is 60.6 Å². The van der Waals surface area contributed by atoms with E-state index >= 15 is 0 Å². The Labute approximate surface area is 271 Å². The van der Waals surface area contributed by atoms with Crippen LogP contribution in [-0.2, 0) is 14.9 Å². The van der Waals surface area contributed by atoms with E-state index in [1.807, 2.05) is 39.0 Å². The number of nitrogens with zero attached hydrogens (tertiary/aromatic N) is 5. The minimum absolute atomic E-state index is 0.261. The van der Waals surface area contributed by atoms with Crippen LogP contribution >= 0.6 is 15.9 Å². The number of aromatic amines is 1. The number of carbonyl (C=O) groups excluding carboxylic acids is 2. The van der Waals surface area contributed by atoms with Gasteiger partial charge < -0.3 is 19.5 Å². The number of anilines is 2. The highest BCUT2D eigenvalue weighted by atomic mass is 79.9. The lowest BCUT2D eigenvalue weighted by Crippen LogP contribution is -2.50. The first kappa shape index (κ1) is 32.4. The van der Waals surface area contributed by atoms with E-state index in [9.17, 15) is 18.0 Å². The number of pyridine rings is 2. The maximum Gasteiger partial charge on any atom is 0.410 e. The van der Waals surface area contributed by atoms with Crippen molar-refractivity contribution in [1.82, 2.24) is 24.2 Å². The maximum absolute atomic E-state index is 13.7. The quantitative estimate of drug-likeness (QED) is 0.237. The van der Waals surface area contributed by atoms with Gasteiger partial charge in [0.15, 0.2) is 5.78 Å². The molecule has 0 saturated carbocycles. The van der Waals surface area contributed by atoms with Gasteiger partial charge in [0.1, 0.15) is 17.1 Å². The number of hydrogen-bond acceptors (Lipinski definition) is 8. The number of halogens is 1. The number of H-pyrrole nitrogens is 1. The molecule has 0 bridgehead atoms. The predicted octanol–water partition coefficient (Wildman–Crippen LogP) is 5.28. The molecule has 1 fully saturated rings. The van der Waals surface area contributed by atoms with Crippen LogP contribution in [0.4, 0.5) is 16.3 Å². The Balaban J connectivity index is 1.33. The van der Waals surface area contributed by atoms with Crippen molar-refractivity contribution in [2.45, 2.75) is 33.3 Å². The molecule has 5 rings (SSSR count). The Hall–Kier alpha value is -4.01. The summed E-state index contributed by atoms with van der Waals surface area (Å²) in [4.78, 5) is 42.2. The van der Waals surface area contributed by atoms with Gasteiger partial charge in [0.05, 0.1) is 10.2 Å². The molecule has 0 aliphatic carbocycles. The fourth-order valence-corrected chi connectivity index (χ4v) is 6.47. The van der Waals surface area contributed by atoms with Crippen molar-refractivity contribution in [2.75, 3.05) is 49.4 Å². The van der Waals surface area contributed by atoms with E-state index in [1.165, 1.54) is 11.4 Å². The first-order valence-corrected chi connectivity index (χ1v) is 16.7. The minimum Gasteiger partial charge on any atom is -0.444 e. The van der Waals surface area contributed by atoms with Crippen molar-refractivity contribution < 1.29 is 22.7 Å². The molecule has 2 N–H and O–H groups in total. The Kier molecular flexibility index (Phi) is 9.19. The highest BCUT2D eigenvalue weighted by Gasteiger charge is 2.27. The molecule has 1 aromatic carbocycles. The summed E-state index contributed by atoms with van der Waals surface area (Å²) in [5.41, 5.74) is 2.60. The van der Waals surface area contributed by atoms with Crippen LogP contribution in [0.2, 0.25) is 0 Å². The molecule has 0 atom stereocenters. The van der Waals surface area contributed by atoms with E-state index in [-0.39, 0.29) is 17.6 Å². The van der Waals surface area contributed by atoms with E-state index in [1.54, 1.807) is 48.6 Å². The monoisotopic (exact) mass is 697 g/mol. The predicted molar refractivity (Wildman–Crippen MR) is 178 cm³/mol. The van der Waals surface area contributed by atoms with Crippen molar-refractivity contribution in [2.24, 2.45) is 0 Å².